The second-order valence-electron chi connectivity index (χ2n) is 7.26. The molecular formula is C22H30N4OS. The van der Waals surface area contributed by atoms with Gasteiger partial charge in [-0.05, 0) is 42.8 Å². The molecule has 3 rings (SSSR count). The van der Waals surface area contributed by atoms with Gasteiger partial charge in [0.25, 0.3) is 0 Å². The van der Waals surface area contributed by atoms with E-state index in [1.807, 2.05) is 11.9 Å². The number of aryl methyl sites for hydroxylation is 1. The summed E-state index contributed by atoms with van der Waals surface area (Å²) in [6.45, 7) is 7.82. The van der Waals surface area contributed by atoms with Crippen molar-refractivity contribution in [2.24, 2.45) is 4.99 Å². The Hall–Kier alpha value is -2.34. The summed E-state index contributed by atoms with van der Waals surface area (Å²) >= 11 is 1.80. The number of thiophene rings is 1. The summed E-state index contributed by atoms with van der Waals surface area (Å²) in [6.07, 6.45) is 1.43. The van der Waals surface area contributed by atoms with Gasteiger partial charge in [0.05, 0.1) is 6.54 Å². The van der Waals surface area contributed by atoms with Gasteiger partial charge in [0.1, 0.15) is 0 Å². The topological polar surface area (TPSA) is 47.9 Å². The summed E-state index contributed by atoms with van der Waals surface area (Å²) in [6, 6.07) is 10.7. The van der Waals surface area contributed by atoms with Crippen molar-refractivity contribution in [2.75, 3.05) is 26.7 Å². The second-order valence-corrected chi connectivity index (χ2v) is 8.26. The summed E-state index contributed by atoms with van der Waals surface area (Å²) in [5.74, 6) is 1.03. The maximum absolute atomic E-state index is 12.6. The molecule has 0 aliphatic carbocycles. The molecule has 5 nitrogen and oxygen atoms in total. The van der Waals surface area contributed by atoms with E-state index >= 15 is 0 Å². The quantitative estimate of drug-likeness (QED) is 0.599. The second kappa shape index (κ2) is 9.73. The Balaban J connectivity index is 1.53. The summed E-state index contributed by atoms with van der Waals surface area (Å²) in [5, 5.41) is 5.45. The summed E-state index contributed by atoms with van der Waals surface area (Å²) in [5.41, 5.74) is 3.81. The molecule has 1 N–H and O–H groups in total. The number of carbonyl (C=O) groups excluding carboxylic acids is 1. The van der Waals surface area contributed by atoms with E-state index in [0.29, 0.717) is 13.0 Å². The van der Waals surface area contributed by atoms with E-state index < -0.39 is 0 Å². The van der Waals surface area contributed by atoms with Crippen molar-refractivity contribution in [1.82, 2.24) is 15.1 Å². The average molecular weight is 399 g/mol. The maximum atomic E-state index is 12.6. The van der Waals surface area contributed by atoms with Crippen LogP contribution in [0.15, 0.2) is 40.7 Å². The van der Waals surface area contributed by atoms with Crippen LogP contribution in [0, 0.1) is 6.92 Å². The number of nitrogens with zero attached hydrogens (tertiary/aromatic N) is 3. The number of benzene rings is 1. The Morgan fingerprint density at radius 1 is 1.29 bits per heavy atom. The fourth-order valence-electron chi connectivity index (χ4n) is 3.39. The zero-order valence-electron chi connectivity index (χ0n) is 17.1. The molecule has 0 radical (unpaired) electrons. The molecule has 0 spiro atoms. The van der Waals surface area contributed by atoms with Crippen molar-refractivity contribution >= 4 is 23.2 Å². The van der Waals surface area contributed by atoms with Crippen molar-refractivity contribution in [1.29, 1.82) is 0 Å². The number of carbonyl (C=O) groups is 1. The Bertz CT molecular complexity index is 812. The first-order valence-corrected chi connectivity index (χ1v) is 10.8. The lowest BCUT2D eigenvalue weighted by Gasteiger charge is -2.27. The molecule has 6 heteroatoms. The standard InChI is InChI=1S/C22H30N4OS/c1-4-23-22(25(3)15-18-7-5-17(2)6-8-18)24-12-9-21(27)26-13-10-20-19(16-26)11-14-28-20/h5-8,11,14H,4,9-10,12-13,15-16H2,1-3H3,(H,23,24). The first-order chi connectivity index (χ1) is 13.6. The van der Waals surface area contributed by atoms with Crippen LogP contribution >= 0.6 is 11.3 Å². The zero-order chi connectivity index (χ0) is 19.9. The number of amides is 1. The van der Waals surface area contributed by atoms with E-state index in [4.69, 9.17) is 0 Å². The van der Waals surface area contributed by atoms with Gasteiger partial charge in [-0.15, -0.1) is 11.3 Å². The number of aliphatic imine (C=N–C) groups is 1. The summed E-state index contributed by atoms with van der Waals surface area (Å²) in [4.78, 5) is 22.8. The Labute approximate surface area is 172 Å². The van der Waals surface area contributed by atoms with Crippen molar-refractivity contribution in [3.8, 4) is 0 Å². The minimum Gasteiger partial charge on any atom is -0.357 e. The largest absolute Gasteiger partial charge is 0.357 e. The molecule has 0 bridgehead atoms. The van der Waals surface area contributed by atoms with Crippen LogP contribution in [-0.2, 0) is 24.3 Å². The van der Waals surface area contributed by atoms with E-state index in [2.05, 4.69) is 64.8 Å². The molecular weight excluding hydrogens is 368 g/mol. The smallest absolute Gasteiger partial charge is 0.224 e. The molecule has 1 aliphatic heterocycles. The van der Waals surface area contributed by atoms with Crippen molar-refractivity contribution in [3.63, 3.8) is 0 Å². The van der Waals surface area contributed by atoms with E-state index in [-0.39, 0.29) is 5.91 Å². The normalized spacial score (nSPS) is 14.0. The van der Waals surface area contributed by atoms with Crippen LogP contribution in [-0.4, -0.2) is 48.3 Å². The van der Waals surface area contributed by atoms with Gasteiger partial charge in [-0.1, -0.05) is 29.8 Å². The van der Waals surface area contributed by atoms with Gasteiger partial charge < -0.3 is 15.1 Å². The minimum atomic E-state index is 0.192. The van der Waals surface area contributed by atoms with Gasteiger partial charge in [-0.2, -0.15) is 0 Å². The molecule has 1 aromatic carbocycles. The zero-order valence-corrected chi connectivity index (χ0v) is 17.9. The number of fused-ring (bicyclic) bond motifs is 1. The third-order valence-corrected chi connectivity index (χ3v) is 6.01. The van der Waals surface area contributed by atoms with Gasteiger partial charge in [0.15, 0.2) is 5.96 Å². The number of rotatable bonds is 6. The van der Waals surface area contributed by atoms with E-state index in [1.165, 1.54) is 21.6 Å². The van der Waals surface area contributed by atoms with Crippen LogP contribution in [0.25, 0.3) is 0 Å². The lowest BCUT2D eigenvalue weighted by Crippen LogP contribution is -2.39. The number of nitrogens with one attached hydrogen (secondary N) is 1. The van der Waals surface area contributed by atoms with Crippen LogP contribution in [0.2, 0.25) is 0 Å². The van der Waals surface area contributed by atoms with E-state index in [9.17, 15) is 4.79 Å². The average Bonchev–Trinajstić information content (AvgIpc) is 3.16. The van der Waals surface area contributed by atoms with Crippen LogP contribution in [0.3, 0.4) is 0 Å². The molecule has 1 aliphatic rings. The van der Waals surface area contributed by atoms with Gasteiger partial charge in [-0.3, -0.25) is 9.79 Å². The SMILES string of the molecule is CCNC(=NCCC(=O)N1CCc2sccc2C1)N(C)Cc1ccc(C)cc1. The lowest BCUT2D eigenvalue weighted by molar-refractivity contribution is -0.131. The molecule has 28 heavy (non-hydrogen) atoms. The number of guanidine groups is 1. The van der Waals surface area contributed by atoms with Crippen molar-refractivity contribution < 1.29 is 4.79 Å². The summed E-state index contributed by atoms with van der Waals surface area (Å²) in [7, 11) is 2.03. The number of hydrogen-bond donors (Lipinski definition) is 1. The third kappa shape index (κ3) is 5.35. The Morgan fingerprint density at radius 2 is 2.07 bits per heavy atom. The van der Waals surface area contributed by atoms with Gasteiger partial charge in [0.2, 0.25) is 5.91 Å². The molecule has 0 saturated heterocycles. The fourth-order valence-corrected chi connectivity index (χ4v) is 4.28. The highest BCUT2D eigenvalue weighted by molar-refractivity contribution is 7.10. The first-order valence-electron chi connectivity index (χ1n) is 9.95. The highest BCUT2D eigenvalue weighted by Crippen LogP contribution is 2.24. The third-order valence-electron chi connectivity index (χ3n) is 4.98. The highest BCUT2D eigenvalue weighted by atomic mass is 32.1. The van der Waals surface area contributed by atoms with Crippen molar-refractivity contribution in [3.05, 3.63) is 57.3 Å². The van der Waals surface area contributed by atoms with Crippen LogP contribution < -0.4 is 5.32 Å². The lowest BCUT2D eigenvalue weighted by atomic mass is 10.1. The molecule has 0 fully saturated rings. The van der Waals surface area contributed by atoms with Gasteiger partial charge in [0, 0.05) is 44.5 Å². The van der Waals surface area contributed by atoms with Gasteiger partial charge >= 0.3 is 0 Å². The Kier molecular flexibility index (Phi) is 7.09. The molecule has 2 heterocycles. The number of hydrogen-bond acceptors (Lipinski definition) is 3. The van der Waals surface area contributed by atoms with Crippen LogP contribution in [0.4, 0.5) is 0 Å². The molecule has 1 amide bonds. The van der Waals surface area contributed by atoms with E-state index in [1.54, 1.807) is 11.3 Å². The van der Waals surface area contributed by atoms with E-state index in [0.717, 1.165) is 38.6 Å². The van der Waals surface area contributed by atoms with Gasteiger partial charge in [-0.25, -0.2) is 0 Å². The molecule has 2 aromatic rings. The Morgan fingerprint density at radius 3 is 2.82 bits per heavy atom. The molecule has 0 atom stereocenters. The molecule has 0 saturated carbocycles. The molecule has 150 valence electrons. The van der Waals surface area contributed by atoms with Crippen LogP contribution in [0.1, 0.15) is 34.9 Å². The fraction of sp³-hybridized carbons (Fsp3) is 0.455. The maximum Gasteiger partial charge on any atom is 0.224 e. The highest BCUT2D eigenvalue weighted by Gasteiger charge is 2.21. The molecule has 0 unspecified atom stereocenters. The van der Waals surface area contributed by atoms with Crippen LogP contribution in [0.5, 0.6) is 0 Å². The van der Waals surface area contributed by atoms with Crippen molar-refractivity contribution in [2.45, 2.75) is 39.8 Å². The summed E-state index contributed by atoms with van der Waals surface area (Å²) < 4.78 is 0. The first kappa shape index (κ1) is 20.4. The predicted molar refractivity (Wildman–Crippen MR) is 117 cm³/mol. The minimum absolute atomic E-state index is 0.192. The predicted octanol–water partition coefficient (Wildman–Crippen LogP) is 3.43. The molecule has 1 aromatic heterocycles. The monoisotopic (exact) mass is 398 g/mol.